The van der Waals surface area contributed by atoms with Crippen LogP contribution in [0.3, 0.4) is 0 Å². The lowest BCUT2D eigenvalue weighted by Crippen LogP contribution is -2.46. The average molecular weight is 575 g/mol. The van der Waals surface area contributed by atoms with E-state index in [-0.39, 0.29) is 0 Å². The lowest BCUT2D eigenvalue weighted by molar-refractivity contribution is -0.109. The third-order valence-electron chi connectivity index (χ3n) is 8.65. The van der Waals surface area contributed by atoms with Crippen LogP contribution in [0.15, 0.2) is 53.1 Å². The van der Waals surface area contributed by atoms with Gasteiger partial charge in [-0.15, -0.1) is 0 Å². The molecule has 3 aromatic heterocycles. The van der Waals surface area contributed by atoms with E-state index in [0.717, 1.165) is 106 Å². The summed E-state index contributed by atoms with van der Waals surface area (Å²) in [6.07, 6.45) is 0.995. The number of aryl methyl sites for hydroxylation is 3. The second-order valence-corrected chi connectivity index (χ2v) is 11.3. The van der Waals surface area contributed by atoms with Gasteiger partial charge in [0.25, 0.3) is 0 Å². The van der Waals surface area contributed by atoms with Gasteiger partial charge in [0.2, 0.25) is 0 Å². The average Bonchev–Trinajstić information content (AvgIpc) is 3.54. The Bertz CT molecular complexity index is 1980. The van der Waals surface area contributed by atoms with Crippen molar-refractivity contribution in [3.63, 3.8) is 0 Å². The Hall–Kier alpha value is -4.60. The maximum atomic E-state index is 10.9. The van der Waals surface area contributed by atoms with Gasteiger partial charge in [-0.2, -0.15) is 0 Å². The second-order valence-electron chi connectivity index (χ2n) is 11.3. The number of aromatic nitrogens is 4. The van der Waals surface area contributed by atoms with Crippen LogP contribution in [0.2, 0.25) is 0 Å². The number of hydrogen-bond donors (Lipinski definition) is 1. The van der Waals surface area contributed by atoms with Crippen molar-refractivity contribution in [2.75, 3.05) is 39.8 Å². The molecular formula is C34H34N6O3. The predicted octanol–water partition coefficient (Wildman–Crippen LogP) is 5.84. The molecule has 6 aromatic rings. The van der Waals surface area contributed by atoms with E-state index in [2.05, 4.69) is 68.5 Å². The largest absolute Gasteiger partial charge is 0.496 e. The number of hydrogen-bond acceptors (Lipinski definition) is 8. The Morgan fingerprint density at radius 2 is 1.70 bits per heavy atom. The zero-order chi connectivity index (χ0) is 29.7. The molecule has 0 unspecified atom stereocenters. The first-order valence-electron chi connectivity index (χ1n) is 14.7. The Balaban J connectivity index is 1.36. The highest BCUT2D eigenvalue weighted by atomic mass is 16.5. The molecule has 1 N–H and O–H groups in total. The summed E-state index contributed by atoms with van der Waals surface area (Å²) < 4.78 is 11.4. The number of nitrogens with one attached hydrogen (secondary N) is 1. The van der Waals surface area contributed by atoms with Crippen molar-refractivity contribution < 1.29 is 14.1 Å². The predicted molar refractivity (Wildman–Crippen MR) is 168 cm³/mol. The van der Waals surface area contributed by atoms with Gasteiger partial charge in [0.1, 0.15) is 29.3 Å². The van der Waals surface area contributed by atoms with E-state index in [1.54, 1.807) is 7.11 Å². The SMILES string of the molecule is COc1cc2c(cc1-c1c(C)noc1C)[nH]c1nc(C)nc(-c3ccc(CN4CCN(CC=O)CC4)c4ccccc34)c12. The minimum atomic E-state index is 0.513. The molecule has 0 atom stereocenters. The second kappa shape index (κ2) is 10.9. The number of H-pyrrole nitrogens is 1. The van der Waals surface area contributed by atoms with Crippen LogP contribution in [0.25, 0.3) is 55.1 Å². The maximum absolute atomic E-state index is 10.9. The van der Waals surface area contributed by atoms with Crippen molar-refractivity contribution in [2.45, 2.75) is 27.3 Å². The van der Waals surface area contributed by atoms with E-state index in [1.807, 2.05) is 20.8 Å². The Labute approximate surface area is 249 Å². The van der Waals surface area contributed by atoms with Crippen LogP contribution in [-0.2, 0) is 11.3 Å². The van der Waals surface area contributed by atoms with Crippen LogP contribution in [0, 0.1) is 20.8 Å². The smallest absolute Gasteiger partial charge is 0.142 e. The van der Waals surface area contributed by atoms with Gasteiger partial charge >= 0.3 is 0 Å². The van der Waals surface area contributed by atoms with Gasteiger partial charge in [0, 0.05) is 54.8 Å². The summed E-state index contributed by atoms with van der Waals surface area (Å²) in [7, 11) is 1.69. The molecule has 0 saturated carbocycles. The van der Waals surface area contributed by atoms with Crippen LogP contribution >= 0.6 is 0 Å². The third kappa shape index (κ3) is 4.74. The fourth-order valence-electron chi connectivity index (χ4n) is 6.54. The lowest BCUT2D eigenvalue weighted by Gasteiger charge is -2.33. The summed E-state index contributed by atoms with van der Waals surface area (Å²) >= 11 is 0. The van der Waals surface area contributed by atoms with E-state index in [9.17, 15) is 4.79 Å². The number of aromatic amines is 1. The highest BCUT2D eigenvalue weighted by Crippen LogP contribution is 2.42. The van der Waals surface area contributed by atoms with E-state index in [0.29, 0.717) is 12.4 Å². The molecule has 0 bridgehead atoms. The lowest BCUT2D eigenvalue weighted by atomic mass is 9.95. The molecule has 9 heteroatoms. The molecule has 9 nitrogen and oxygen atoms in total. The normalized spacial score (nSPS) is 14.7. The molecule has 4 heterocycles. The first-order chi connectivity index (χ1) is 20.9. The summed E-state index contributed by atoms with van der Waals surface area (Å²) in [5, 5.41) is 8.50. The van der Waals surface area contributed by atoms with Crippen LogP contribution in [0.4, 0.5) is 0 Å². The number of ether oxygens (including phenoxy) is 1. The van der Waals surface area contributed by atoms with Gasteiger partial charge in [-0.25, -0.2) is 9.97 Å². The molecule has 43 heavy (non-hydrogen) atoms. The van der Waals surface area contributed by atoms with Crippen molar-refractivity contribution in [1.82, 2.24) is 29.9 Å². The quantitative estimate of drug-likeness (QED) is 0.238. The van der Waals surface area contributed by atoms with E-state index in [1.165, 1.54) is 10.9 Å². The Morgan fingerprint density at radius 3 is 2.42 bits per heavy atom. The van der Waals surface area contributed by atoms with E-state index in [4.69, 9.17) is 19.2 Å². The number of carbonyl (C=O) groups is 1. The summed E-state index contributed by atoms with van der Waals surface area (Å²) in [6.45, 7) is 10.9. The Morgan fingerprint density at radius 1 is 0.930 bits per heavy atom. The van der Waals surface area contributed by atoms with Crippen LogP contribution in [0.1, 0.15) is 22.8 Å². The standard InChI is InChI=1S/C34H34N6O3/c1-20-31(21(2)43-38-20)28-17-29-27(18-30(28)42-4)32-33(35-22(3)36-34(32)37-29)26-10-9-23(24-7-5-6-8-25(24)26)19-40-13-11-39(12-14-40)15-16-41/h5-10,16-18H,11-15,19H2,1-4H3,(H,35,36,37). The van der Waals surface area contributed by atoms with Gasteiger partial charge in [-0.3, -0.25) is 9.80 Å². The molecule has 0 aliphatic carbocycles. The summed E-state index contributed by atoms with van der Waals surface area (Å²) in [6, 6.07) is 17.2. The molecule has 218 valence electrons. The molecule has 0 amide bonds. The topological polar surface area (TPSA) is 100 Å². The molecule has 3 aromatic carbocycles. The van der Waals surface area contributed by atoms with Gasteiger partial charge in [-0.05, 0) is 49.2 Å². The van der Waals surface area contributed by atoms with Gasteiger partial charge in [0.05, 0.1) is 36.0 Å². The molecule has 7 rings (SSSR count). The number of nitrogens with zero attached hydrogens (tertiary/aromatic N) is 5. The summed E-state index contributed by atoms with van der Waals surface area (Å²) in [5.74, 6) is 2.19. The first-order valence-corrected chi connectivity index (χ1v) is 14.7. The summed E-state index contributed by atoms with van der Waals surface area (Å²) in [4.78, 5) is 29.0. The monoisotopic (exact) mass is 574 g/mol. The maximum Gasteiger partial charge on any atom is 0.142 e. The number of piperazine rings is 1. The van der Waals surface area contributed by atoms with Crippen LogP contribution in [-0.4, -0.2) is 76.0 Å². The van der Waals surface area contributed by atoms with Crippen molar-refractivity contribution in [3.05, 3.63) is 71.4 Å². The highest BCUT2D eigenvalue weighted by Gasteiger charge is 2.23. The molecule has 1 fully saturated rings. The fourth-order valence-corrected chi connectivity index (χ4v) is 6.54. The zero-order valence-corrected chi connectivity index (χ0v) is 24.9. The van der Waals surface area contributed by atoms with E-state index >= 15 is 0 Å². The number of methoxy groups -OCH3 is 1. The number of rotatable bonds is 7. The fraction of sp³-hybridized carbons (Fsp3) is 0.294. The van der Waals surface area contributed by atoms with Crippen molar-refractivity contribution in [3.8, 4) is 28.1 Å². The van der Waals surface area contributed by atoms with Crippen molar-refractivity contribution in [2.24, 2.45) is 0 Å². The molecule has 1 aliphatic heterocycles. The van der Waals surface area contributed by atoms with Crippen LogP contribution in [0.5, 0.6) is 5.75 Å². The number of carbonyl (C=O) groups excluding carboxylic acids is 1. The molecule has 1 aliphatic rings. The summed E-state index contributed by atoms with van der Waals surface area (Å²) in [5.41, 5.74) is 7.66. The zero-order valence-electron chi connectivity index (χ0n) is 24.9. The minimum Gasteiger partial charge on any atom is -0.496 e. The first kappa shape index (κ1) is 27.2. The van der Waals surface area contributed by atoms with Crippen molar-refractivity contribution >= 4 is 39.0 Å². The van der Waals surface area contributed by atoms with E-state index < -0.39 is 0 Å². The number of benzene rings is 3. The Kier molecular flexibility index (Phi) is 6.91. The van der Waals surface area contributed by atoms with Crippen LogP contribution < -0.4 is 4.74 Å². The molecule has 1 saturated heterocycles. The third-order valence-corrected chi connectivity index (χ3v) is 8.65. The molecule has 0 spiro atoms. The number of aldehydes is 1. The van der Waals surface area contributed by atoms with Gasteiger partial charge < -0.3 is 19.0 Å². The highest BCUT2D eigenvalue weighted by molar-refractivity contribution is 6.16. The molecule has 0 radical (unpaired) electrons. The minimum absolute atomic E-state index is 0.513. The number of fused-ring (bicyclic) bond motifs is 4. The van der Waals surface area contributed by atoms with Crippen molar-refractivity contribution in [1.29, 1.82) is 0 Å². The van der Waals surface area contributed by atoms with Gasteiger partial charge in [0.15, 0.2) is 0 Å². The molecular weight excluding hydrogens is 540 g/mol. The van der Waals surface area contributed by atoms with Gasteiger partial charge in [-0.1, -0.05) is 41.6 Å².